The molecular formula is C40H50N6O12S. The van der Waals surface area contributed by atoms with Gasteiger partial charge in [-0.15, -0.1) is 6.58 Å². The van der Waals surface area contributed by atoms with E-state index in [-0.39, 0.29) is 44.2 Å². The Morgan fingerprint density at radius 2 is 1.86 bits per heavy atom. The summed E-state index contributed by atoms with van der Waals surface area (Å²) in [6, 6.07) is 3.68. The number of amides is 5. The molecule has 2 aliphatic carbocycles. The molecule has 7 unspecified atom stereocenters. The molecule has 318 valence electrons. The fourth-order valence-electron chi connectivity index (χ4n) is 8.02. The Hall–Kier alpha value is -5.46. The third kappa shape index (κ3) is 8.94. The molecule has 4 heterocycles. The maximum Gasteiger partial charge on any atom is 0.408 e. The summed E-state index contributed by atoms with van der Waals surface area (Å²) in [5.74, 6) is -3.06. The Morgan fingerprint density at radius 3 is 2.54 bits per heavy atom. The van der Waals surface area contributed by atoms with Gasteiger partial charge in [0.15, 0.2) is 0 Å². The quantitative estimate of drug-likeness (QED) is 0.183. The van der Waals surface area contributed by atoms with E-state index in [1.54, 1.807) is 58.3 Å². The van der Waals surface area contributed by atoms with Crippen LogP contribution < -0.4 is 24.8 Å². The molecule has 7 atom stereocenters. The van der Waals surface area contributed by atoms with Gasteiger partial charge in [-0.2, -0.15) is 0 Å². The molecule has 7 rings (SSSR count). The summed E-state index contributed by atoms with van der Waals surface area (Å²) in [5, 5.41) is 6.04. The van der Waals surface area contributed by atoms with Gasteiger partial charge in [-0.25, -0.2) is 23.0 Å². The average Bonchev–Trinajstić information content (AvgIpc) is 4.10. The first-order valence-corrected chi connectivity index (χ1v) is 21.4. The number of hydrogen-bond acceptors (Lipinski definition) is 13. The van der Waals surface area contributed by atoms with Gasteiger partial charge in [0.05, 0.1) is 18.9 Å². The van der Waals surface area contributed by atoms with Crippen molar-refractivity contribution in [1.82, 2.24) is 30.1 Å². The fraction of sp³-hybridized carbons (Fsp3) is 0.575. The van der Waals surface area contributed by atoms with Crippen LogP contribution in [0.3, 0.4) is 0 Å². The van der Waals surface area contributed by atoms with Crippen LogP contribution in [0.25, 0.3) is 10.8 Å². The second kappa shape index (κ2) is 16.0. The third-order valence-corrected chi connectivity index (χ3v) is 13.2. The van der Waals surface area contributed by atoms with Crippen LogP contribution in [0, 0.1) is 5.92 Å². The number of esters is 1. The van der Waals surface area contributed by atoms with Crippen molar-refractivity contribution >= 4 is 56.5 Å². The third-order valence-electron chi connectivity index (χ3n) is 11.4. The van der Waals surface area contributed by atoms with Gasteiger partial charge in [-0.05, 0) is 76.1 Å². The van der Waals surface area contributed by atoms with Crippen molar-refractivity contribution in [3.05, 3.63) is 43.1 Å². The predicted molar refractivity (Wildman–Crippen MR) is 209 cm³/mol. The van der Waals surface area contributed by atoms with Crippen molar-refractivity contribution in [2.45, 2.75) is 119 Å². The number of carbonyl (C=O) groups excluding carboxylic acids is 6. The number of rotatable bonds is 14. The first kappa shape index (κ1) is 41.7. The minimum absolute atomic E-state index is 0.0783. The summed E-state index contributed by atoms with van der Waals surface area (Å²) in [6.45, 7) is 8.82. The van der Waals surface area contributed by atoms with Crippen LogP contribution in [0.2, 0.25) is 0 Å². The summed E-state index contributed by atoms with van der Waals surface area (Å²) in [5.41, 5.74) is -2.58. The minimum Gasteiger partial charge on any atom is -0.497 e. The zero-order valence-corrected chi connectivity index (χ0v) is 34.2. The maximum absolute atomic E-state index is 14.7. The van der Waals surface area contributed by atoms with Crippen molar-refractivity contribution in [1.29, 1.82) is 0 Å². The van der Waals surface area contributed by atoms with Gasteiger partial charge >= 0.3 is 12.1 Å². The lowest BCUT2D eigenvalue weighted by Gasteiger charge is -2.32. The largest absolute Gasteiger partial charge is 0.497 e. The SMILES string of the molecule is C=CC1CC1(NC(=O)C1CC(Oc2nccc3cc(OC)ccc23)CN1C(=O)C(CCC(=O)N1CCC2CC1C(=O)O2)NC(=O)OC(C)(C)C)C(=O)NS(=O)(=O)C1CC1. The number of sulfonamides is 1. The van der Waals surface area contributed by atoms with Gasteiger partial charge in [0.25, 0.3) is 5.91 Å². The number of likely N-dealkylation sites (tertiary alicyclic amines) is 2. The molecule has 18 nitrogen and oxygen atoms in total. The number of aromatic nitrogens is 1. The number of nitrogens with one attached hydrogen (secondary N) is 3. The molecule has 59 heavy (non-hydrogen) atoms. The monoisotopic (exact) mass is 838 g/mol. The molecule has 2 bridgehead atoms. The minimum atomic E-state index is -3.96. The van der Waals surface area contributed by atoms with Crippen LogP contribution in [0.5, 0.6) is 11.6 Å². The van der Waals surface area contributed by atoms with Crippen molar-refractivity contribution in [3.8, 4) is 11.6 Å². The van der Waals surface area contributed by atoms with Crippen LogP contribution >= 0.6 is 0 Å². The number of ether oxygens (including phenoxy) is 4. The highest BCUT2D eigenvalue weighted by Gasteiger charge is 2.62. The molecule has 1 aromatic carbocycles. The number of pyridine rings is 1. The number of nitrogens with zero attached hydrogens (tertiary/aromatic N) is 3. The van der Waals surface area contributed by atoms with E-state index < -0.39 is 92.3 Å². The molecule has 5 fully saturated rings. The number of carbonyl (C=O) groups is 6. The zero-order valence-electron chi connectivity index (χ0n) is 33.4. The molecule has 19 heteroatoms. The van der Waals surface area contributed by atoms with Crippen LogP contribution in [-0.2, 0) is 43.5 Å². The van der Waals surface area contributed by atoms with Crippen molar-refractivity contribution in [2.24, 2.45) is 5.92 Å². The lowest BCUT2D eigenvalue weighted by Crippen LogP contribution is -2.58. The normalized spacial score (nSPS) is 26.6. The van der Waals surface area contributed by atoms with Crippen LogP contribution in [0.4, 0.5) is 4.79 Å². The number of methoxy groups -OCH3 is 1. The summed E-state index contributed by atoms with van der Waals surface area (Å²) >= 11 is 0. The van der Waals surface area contributed by atoms with Crippen molar-refractivity contribution in [2.75, 3.05) is 20.2 Å². The van der Waals surface area contributed by atoms with E-state index in [0.29, 0.717) is 43.4 Å². The maximum atomic E-state index is 14.7. The Balaban J connectivity index is 1.16. The van der Waals surface area contributed by atoms with Crippen LogP contribution in [0.15, 0.2) is 43.1 Å². The van der Waals surface area contributed by atoms with E-state index in [2.05, 4.69) is 26.9 Å². The van der Waals surface area contributed by atoms with Crippen LogP contribution in [0.1, 0.15) is 72.1 Å². The van der Waals surface area contributed by atoms with E-state index in [4.69, 9.17) is 18.9 Å². The molecule has 1 aromatic heterocycles. The van der Waals surface area contributed by atoms with Gasteiger partial charge in [0, 0.05) is 49.7 Å². The van der Waals surface area contributed by atoms with E-state index in [1.165, 1.54) is 15.9 Å². The van der Waals surface area contributed by atoms with Gasteiger partial charge in [-0.3, -0.25) is 23.9 Å². The first-order chi connectivity index (χ1) is 27.9. The Bertz CT molecular complexity index is 2170. The standard InChI is InChI=1S/C40H50N6O12S/c1-6-23-20-40(23,37(51)44-59(53,54)27-8-9-27)43-33(48)30-19-26(56-34-28-10-7-24(55-5)17-22(28)13-15-41-34)21-46(30)35(49)29(42-38(52)58-39(2,3)4)11-12-32(47)45-16-14-25-18-31(45)36(50)57-25/h6-7,10,13,15,17,23,25-27,29-31H,1,8-9,11-12,14,16,18-21H2,2-5H3,(H,42,52)(H,43,48)(H,44,51). The summed E-state index contributed by atoms with van der Waals surface area (Å²) in [4.78, 5) is 89.0. The first-order valence-electron chi connectivity index (χ1n) is 19.8. The molecular weight excluding hydrogens is 789 g/mol. The Morgan fingerprint density at radius 1 is 1.10 bits per heavy atom. The molecule has 3 aliphatic heterocycles. The lowest BCUT2D eigenvalue weighted by molar-refractivity contribution is -0.147. The molecule has 3 N–H and O–H groups in total. The average molecular weight is 839 g/mol. The van der Waals surface area contributed by atoms with Crippen molar-refractivity contribution in [3.63, 3.8) is 0 Å². The number of hydrogen-bond donors (Lipinski definition) is 3. The van der Waals surface area contributed by atoms with Gasteiger partial charge in [0.1, 0.15) is 47.2 Å². The van der Waals surface area contributed by atoms with Crippen LogP contribution in [-0.4, -0.2) is 126 Å². The molecule has 2 aromatic rings. The highest BCUT2D eigenvalue weighted by Crippen LogP contribution is 2.45. The number of piperidine rings is 1. The second-order valence-corrected chi connectivity index (χ2v) is 18.8. The highest BCUT2D eigenvalue weighted by molar-refractivity contribution is 7.91. The van der Waals surface area contributed by atoms with Crippen molar-refractivity contribution < 1.29 is 56.1 Å². The molecule has 0 radical (unpaired) electrons. The fourth-order valence-corrected chi connectivity index (χ4v) is 9.39. The molecule has 5 amide bonds. The van der Waals surface area contributed by atoms with E-state index in [1.807, 2.05) is 0 Å². The summed E-state index contributed by atoms with van der Waals surface area (Å²) in [7, 11) is -2.42. The predicted octanol–water partition coefficient (Wildman–Crippen LogP) is 1.85. The number of alkyl carbamates (subject to hydrolysis) is 1. The van der Waals surface area contributed by atoms with E-state index in [0.717, 1.165) is 5.39 Å². The lowest BCUT2D eigenvalue weighted by atomic mass is 10.0. The Kier molecular flexibility index (Phi) is 11.3. The molecule has 5 aliphatic rings. The molecule has 2 saturated carbocycles. The highest BCUT2D eigenvalue weighted by atomic mass is 32.2. The topological polar surface area (TPSA) is 229 Å². The number of benzene rings is 1. The van der Waals surface area contributed by atoms with Gasteiger partial charge < -0.3 is 39.4 Å². The number of fused-ring (bicyclic) bond motifs is 3. The second-order valence-electron chi connectivity index (χ2n) is 16.8. The van der Waals surface area contributed by atoms with E-state index >= 15 is 0 Å². The van der Waals surface area contributed by atoms with Gasteiger partial charge in [-0.1, -0.05) is 6.08 Å². The molecule has 3 saturated heterocycles. The van der Waals surface area contributed by atoms with Gasteiger partial charge in [0.2, 0.25) is 33.6 Å². The summed E-state index contributed by atoms with van der Waals surface area (Å²) < 4.78 is 50.2. The smallest absolute Gasteiger partial charge is 0.408 e. The zero-order chi connectivity index (χ0) is 42.4. The summed E-state index contributed by atoms with van der Waals surface area (Å²) in [6.07, 6.45) is 2.23. The molecule has 0 spiro atoms. The van der Waals surface area contributed by atoms with E-state index in [9.17, 15) is 37.2 Å². The Labute approximate surface area is 341 Å².